The van der Waals surface area contributed by atoms with Crippen molar-refractivity contribution in [1.29, 1.82) is 0 Å². The van der Waals surface area contributed by atoms with Crippen molar-refractivity contribution in [1.82, 2.24) is 9.88 Å². The third kappa shape index (κ3) is 5.37. The minimum Gasteiger partial charge on any atom is -0.494 e. The van der Waals surface area contributed by atoms with Crippen LogP contribution in [0.5, 0.6) is 17.2 Å². The van der Waals surface area contributed by atoms with Crippen LogP contribution >= 0.6 is 11.3 Å². The van der Waals surface area contributed by atoms with Crippen molar-refractivity contribution in [2.24, 2.45) is 0 Å². The van der Waals surface area contributed by atoms with Gasteiger partial charge in [0.2, 0.25) is 6.10 Å². The fourth-order valence-electron chi connectivity index (χ4n) is 4.39. The van der Waals surface area contributed by atoms with Gasteiger partial charge in [-0.25, -0.2) is 4.98 Å². The highest BCUT2D eigenvalue weighted by molar-refractivity contribution is 7.22. The van der Waals surface area contributed by atoms with Crippen LogP contribution in [0, 0.1) is 0 Å². The molecule has 35 heavy (non-hydrogen) atoms. The van der Waals surface area contributed by atoms with Crippen molar-refractivity contribution in [2.75, 3.05) is 50.9 Å². The Morgan fingerprint density at radius 3 is 2.71 bits per heavy atom. The highest BCUT2D eigenvalue weighted by Gasteiger charge is 2.38. The maximum Gasteiger partial charge on any atom is 0.273 e. The zero-order chi connectivity index (χ0) is 24.2. The molecule has 8 nitrogen and oxygen atoms in total. The van der Waals surface area contributed by atoms with Gasteiger partial charge in [-0.05, 0) is 50.6 Å². The van der Waals surface area contributed by atoms with E-state index in [4.69, 9.17) is 23.9 Å². The molecule has 3 aromatic rings. The number of aromatic nitrogens is 1. The Hall–Kier alpha value is -2.88. The quantitative estimate of drug-likeness (QED) is 0.466. The molecule has 1 saturated heterocycles. The number of carbonyl (C=O) groups is 1. The largest absolute Gasteiger partial charge is 0.494 e. The second kappa shape index (κ2) is 10.8. The Labute approximate surface area is 209 Å². The molecule has 5 rings (SSSR count). The maximum absolute atomic E-state index is 13.9. The number of thiazole rings is 1. The van der Waals surface area contributed by atoms with Gasteiger partial charge in [0.1, 0.15) is 11.9 Å². The van der Waals surface area contributed by atoms with Gasteiger partial charge in [-0.3, -0.25) is 14.6 Å². The lowest BCUT2D eigenvalue weighted by molar-refractivity contribution is -0.130. The van der Waals surface area contributed by atoms with Gasteiger partial charge in [-0.15, -0.1) is 0 Å². The molecule has 2 unspecified atom stereocenters. The summed E-state index contributed by atoms with van der Waals surface area (Å²) in [6.07, 6.45) is -0.345. The maximum atomic E-state index is 13.9. The highest BCUT2D eigenvalue weighted by Crippen LogP contribution is 2.36. The summed E-state index contributed by atoms with van der Waals surface area (Å²) in [7, 11) is 0. The van der Waals surface area contributed by atoms with E-state index in [9.17, 15) is 4.79 Å². The smallest absolute Gasteiger partial charge is 0.273 e. The number of hydrogen-bond acceptors (Lipinski definition) is 8. The van der Waals surface area contributed by atoms with Crippen molar-refractivity contribution in [3.8, 4) is 17.2 Å². The fraction of sp³-hybridized carbons (Fsp3) is 0.462. The molecule has 0 saturated carbocycles. The zero-order valence-electron chi connectivity index (χ0n) is 20.1. The van der Waals surface area contributed by atoms with E-state index < -0.39 is 12.2 Å². The third-order valence-corrected chi connectivity index (χ3v) is 7.24. The topological polar surface area (TPSA) is 73.4 Å². The number of hydrogen-bond donors (Lipinski definition) is 0. The molecule has 1 fully saturated rings. The van der Waals surface area contributed by atoms with Gasteiger partial charge in [0.05, 0.1) is 30.0 Å². The van der Waals surface area contributed by atoms with Gasteiger partial charge < -0.3 is 18.9 Å². The standard InChI is InChI=1S/C26H31N3O5S/c1-3-32-19-9-10-20-23(17-19)35-26(27-20)29(12-6-11-28-13-15-31-16-14-28)25(30)24-18(2)33-21-7-4-5-8-22(21)34-24/h4-5,7-10,17-18,24H,3,6,11-16H2,1-2H3. The number of anilines is 1. The number of para-hydroxylation sites is 2. The number of rotatable bonds is 8. The molecule has 1 aromatic heterocycles. The minimum absolute atomic E-state index is 0.141. The molecular formula is C26H31N3O5S. The molecule has 0 N–H and O–H groups in total. The Morgan fingerprint density at radius 2 is 1.94 bits per heavy atom. The van der Waals surface area contributed by atoms with E-state index in [-0.39, 0.29) is 5.91 Å². The fourth-order valence-corrected chi connectivity index (χ4v) is 5.41. The highest BCUT2D eigenvalue weighted by atomic mass is 32.1. The molecule has 0 spiro atoms. The lowest BCUT2D eigenvalue weighted by Gasteiger charge is -2.34. The molecule has 3 heterocycles. The monoisotopic (exact) mass is 497 g/mol. The first-order valence-electron chi connectivity index (χ1n) is 12.2. The van der Waals surface area contributed by atoms with Crippen LogP contribution in [0.4, 0.5) is 5.13 Å². The van der Waals surface area contributed by atoms with E-state index >= 15 is 0 Å². The van der Waals surface area contributed by atoms with Gasteiger partial charge in [0, 0.05) is 26.2 Å². The first-order chi connectivity index (χ1) is 17.1. The van der Waals surface area contributed by atoms with Crippen molar-refractivity contribution in [3.05, 3.63) is 42.5 Å². The summed E-state index contributed by atoms with van der Waals surface area (Å²) in [4.78, 5) is 22.8. The number of fused-ring (bicyclic) bond motifs is 2. The van der Waals surface area contributed by atoms with Crippen molar-refractivity contribution >= 4 is 32.6 Å². The number of carbonyl (C=O) groups excluding carboxylic acids is 1. The normalized spacial score (nSPS) is 20.1. The second-order valence-corrected chi connectivity index (χ2v) is 9.67. The summed E-state index contributed by atoms with van der Waals surface area (Å²) >= 11 is 1.49. The van der Waals surface area contributed by atoms with Gasteiger partial charge >= 0.3 is 0 Å². The first kappa shape index (κ1) is 23.8. The van der Waals surface area contributed by atoms with Crippen molar-refractivity contribution < 1.29 is 23.7 Å². The summed E-state index contributed by atoms with van der Waals surface area (Å²) in [5.74, 6) is 1.90. The molecule has 2 aromatic carbocycles. The zero-order valence-corrected chi connectivity index (χ0v) is 21.0. The van der Waals surface area contributed by atoms with E-state index in [2.05, 4.69) is 4.90 Å². The molecule has 9 heteroatoms. The van der Waals surface area contributed by atoms with Gasteiger partial charge in [0.15, 0.2) is 16.6 Å². The van der Waals surface area contributed by atoms with E-state index in [1.54, 1.807) is 4.90 Å². The summed E-state index contributed by atoms with van der Waals surface area (Å²) in [5.41, 5.74) is 0.846. The molecule has 186 valence electrons. The van der Waals surface area contributed by atoms with E-state index in [1.165, 1.54) is 11.3 Å². The second-order valence-electron chi connectivity index (χ2n) is 8.66. The molecule has 2 aliphatic rings. The average molecular weight is 498 g/mol. The third-order valence-electron chi connectivity index (χ3n) is 6.20. The molecule has 1 amide bonds. The van der Waals surface area contributed by atoms with Crippen molar-refractivity contribution in [3.63, 3.8) is 0 Å². The lowest BCUT2D eigenvalue weighted by Crippen LogP contribution is -2.51. The van der Waals surface area contributed by atoms with E-state index in [0.717, 1.165) is 55.2 Å². The summed E-state index contributed by atoms with van der Waals surface area (Å²) in [5, 5.41) is 0.662. The molecule has 2 atom stereocenters. The Balaban J connectivity index is 1.39. The average Bonchev–Trinajstić information content (AvgIpc) is 3.30. The van der Waals surface area contributed by atoms with Crippen LogP contribution in [0.15, 0.2) is 42.5 Å². The summed E-state index contributed by atoms with van der Waals surface area (Å²) in [6.45, 7) is 9.22. The summed E-state index contributed by atoms with van der Waals surface area (Å²) in [6, 6.07) is 13.3. The Morgan fingerprint density at radius 1 is 1.17 bits per heavy atom. The van der Waals surface area contributed by atoms with Crippen LogP contribution in [-0.2, 0) is 9.53 Å². The molecule has 0 radical (unpaired) electrons. The predicted molar refractivity (Wildman–Crippen MR) is 136 cm³/mol. The van der Waals surface area contributed by atoms with E-state index in [1.807, 2.05) is 56.3 Å². The number of amides is 1. The number of morpholine rings is 1. The van der Waals surface area contributed by atoms with Gasteiger partial charge in [-0.2, -0.15) is 0 Å². The molecule has 0 bridgehead atoms. The van der Waals surface area contributed by atoms with Crippen LogP contribution in [-0.4, -0.2) is 74.0 Å². The minimum atomic E-state index is -0.751. The van der Waals surface area contributed by atoms with Crippen LogP contribution in [0.2, 0.25) is 0 Å². The van der Waals surface area contributed by atoms with Crippen LogP contribution in [0.1, 0.15) is 20.3 Å². The molecular weight excluding hydrogens is 466 g/mol. The predicted octanol–water partition coefficient (Wildman–Crippen LogP) is 3.98. The van der Waals surface area contributed by atoms with Crippen LogP contribution < -0.4 is 19.1 Å². The first-order valence-corrected chi connectivity index (χ1v) is 13.0. The Kier molecular flexibility index (Phi) is 7.36. The van der Waals surface area contributed by atoms with Gasteiger partial charge in [-0.1, -0.05) is 23.5 Å². The number of benzene rings is 2. The van der Waals surface area contributed by atoms with Crippen LogP contribution in [0.3, 0.4) is 0 Å². The van der Waals surface area contributed by atoms with Gasteiger partial charge in [0.25, 0.3) is 5.91 Å². The van der Waals surface area contributed by atoms with E-state index in [0.29, 0.717) is 29.8 Å². The van der Waals surface area contributed by atoms with Crippen LogP contribution in [0.25, 0.3) is 10.2 Å². The number of ether oxygens (including phenoxy) is 4. The summed E-state index contributed by atoms with van der Waals surface area (Å²) < 4.78 is 24.3. The number of nitrogens with zero attached hydrogens (tertiary/aromatic N) is 3. The Bertz CT molecular complexity index is 1160. The SMILES string of the molecule is CCOc1ccc2nc(N(CCCN3CCOCC3)C(=O)C3Oc4ccccc4OC3C)sc2c1. The lowest BCUT2D eigenvalue weighted by atomic mass is 10.1. The molecule has 2 aliphatic heterocycles. The van der Waals surface area contributed by atoms with Crippen molar-refractivity contribution in [2.45, 2.75) is 32.5 Å². The molecule has 0 aliphatic carbocycles.